The molecule has 0 spiro atoms. The molecule has 0 N–H and O–H groups in total. The first-order valence-corrected chi connectivity index (χ1v) is 16.9. The summed E-state index contributed by atoms with van der Waals surface area (Å²) >= 11 is 0. The molecule has 0 radical (unpaired) electrons. The summed E-state index contributed by atoms with van der Waals surface area (Å²) in [7, 11) is 0. The fraction of sp³-hybridized carbons (Fsp3) is 0. The van der Waals surface area contributed by atoms with Crippen LogP contribution in [0.2, 0.25) is 0 Å². The van der Waals surface area contributed by atoms with Gasteiger partial charge in [-0.25, -0.2) is 15.0 Å². The van der Waals surface area contributed by atoms with Crippen molar-refractivity contribution in [3.05, 3.63) is 158 Å². The van der Waals surface area contributed by atoms with Gasteiger partial charge in [-0.15, -0.1) is 0 Å². The van der Waals surface area contributed by atoms with Gasteiger partial charge in [-0.2, -0.15) is 0 Å². The summed E-state index contributed by atoms with van der Waals surface area (Å²) in [4.78, 5) is 15.5. The highest BCUT2D eigenvalue weighted by Crippen LogP contribution is 2.41. The Morgan fingerprint density at radius 2 is 0.980 bits per heavy atom. The second-order valence-electron chi connectivity index (χ2n) is 12.8. The van der Waals surface area contributed by atoms with Gasteiger partial charge in [0.25, 0.3) is 0 Å². The summed E-state index contributed by atoms with van der Waals surface area (Å²) in [6, 6.07) is 53.8. The van der Waals surface area contributed by atoms with Gasteiger partial charge in [0, 0.05) is 55.1 Å². The molecular formula is C45H26N4O2. The lowest BCUT2D eigenvalue weighted by molar-refractivity contribution is 0.668. The Labute approximate surface area is 290 Å². The zero-order chi connectivity index (χ0) is 33.5. The molecule has 238 valence electrons. The smallest absolute Gasteiger partial charge is 0.166 e. The molecule has 11 rings (SSSR count). The third kappa shape index (κ3) is 4.20. The van der Waals surface area contributed by atoms with Gasteiger partial charge in [-0.05, 0) is 42.5 Å². The predicted molar refractivity (Wildman–Crippen MR) is 205 cm³/mol. The van der Waals surface area contributed by atoms with Crippen LogP contribution >= 0.6 is 0 Å². The second kappa shape index (κ2) is 10.7. The average Bonchev–Trinajstić information content (AvgIpc) is 3.86. The van der Waals surface area contributed by atoms with Gasteiger partial charge in [-0.3, -0.25) is 0 Å². The van der Waals surface area contributed by atoms with Crippen LogP contribution in [-0.4, -0.2) is 19.5 Å². The number of nitrogens with zero attached hydrogens (tertiary/aromatic N) is 4. The molecular weight excluding hydrogens is 629 g/mol. The second-order valence-corrected chi connectivity index (χ2v) is 12.8. The standard InChI is InChI=1S/C45H26N4O2/c1-2-13-27(14-3-1)43-46-44(48-45(47-43)32-19-12-24-40-42(32)31-18-7-11-23-39(31)50-40)30-17-5-9-21-36(30)49-35-20-8-4-15-28(35)33-25-34-29-16-6-10-22-38(29)51-41(34)26-37(33)49/h1-26H. The first-order chi connectivity index (χ1) is 25.3. The summed E-state index contributed by atoms with van der Waals surface area (Å²) < 4.78 is 15.0. The molecule has 6 nitrogen and oxygen atoms in total. The number of hydrogen-bond acceptors (Lipinski definition) is 5. The van der Waals surface area contributed by atoms with E-state index in [1.165, 1.54) is 0 Å². The van der Waals surface area contributed by atoms with Crippen LogP contribution in [-0.2, 0) is 0 Å². The number of hydrogen-bond donors (Lipinski definition) is 0. The molecule has 51 heavy (non-hydrogen) atoms. The Balaban J connectivity index is 1.20. The van der Waals surface area contributed by atoms with Crippen molar-refractivity contribution in [2.24, 2.45) is 0 Å². The minimum Gasteiger partial charge on any atom is -0.456 e. The quantitative estimate of drug-likeness (QED) is 0.189. The van der Waals surface area contributed by atoms with E-state index in [2.05, 4.69) is 83.4 Å². The first kappa shape index (κ1) is 27.9. The SMILES string of the molecule is c1ccc(-c2nc(-c3ccccc3-n3c4ccccc4c4cc5c(cc43)oc3ccccc35)nc(-c3cccc4oc5ccccc5c34)n2)cc1. The molecule has 0 aliphatic carbocycles. The van der Waals surface area contributed by atoms with Crippen molar-refractivity contribution in [2.45, 2.75) is 0 Å². The molecule has 0 atom stereocenters. The molecule has 0 bridgehead atoms. The largest absolute Gasteiger partial charge is 0.456 e. The highest BCUT2D eigenvalue weighted by atomic mass is 16.3. The molecule has 7 aromatic carbocycles. The van der Waals surface area contributed by atoms with Crippen LogP contribution in [0.3, 0.4) is 0 Å². The Morgan fingerprint density at radius 3 is 1.84 bits per heavy atom. The van der Waals surface area contributed by atoms with E-state index >= 15 is 0 Å². The fourth-order valence-electron chi connectivity index (χ4n) is 7.60. The van der Waals surface area contributed by atoms with E-state index in [1.807, 2.05) is 78.9 Å². The molecule has 0 fully saturated rings. The third-order valence-electron chi connectivity index (χ3n) is 9.87. The van der Waals surface area contributed by atoms with E-state index in [-0.39, 0.29) is 0 Å². The van der Waals surface area contributed by atoms with Gasteiger partial charge >= 0.3 is 0 Å². The van der Waals surface area contributed by atoms with E-state index < -0.39 is 0 Å². The van der Waals surface area contributed by atoms with E-state index in [0.29, 0.717) is 17.5 Å². The van der Waals surface area contributed by atoms with Crippen LogP contribution in [0.5, 0.6) is 0 Å². The molecule has 11 aromatic rings. The zero-order valence-electron chi connectivity index (χ0n) is 27.1. The summed E-state index contributed by atoms with van der Waals surface area (Å²) in [5, 5.41) is 6.53. The number of furan rings is 2. The van der Waals surface area contributed by atoms with Crippen LogP contribution in [0.15, 0.2) is 167 Å². The maximum absolute atomic E-state index is 6.40. The lowest BCUT2D eigenvalue weighted by Gasteiger charge is -2.14. The van der Waals surface area contributed by atoms with E-state index in [4.69, 9.17) is 23.8 Å². The maximum atomic E-state index is 6.40. The van der Waals surface area contributed by atoms with Gasteiger partial charge in [0.1, 0.15) is 22.3 Å². The average molecular weight is 655 g/mol. The first-order valence-electron chi connectivity index (χ1n) is 16.9. The van der Waals surface area contributed by atoms with Gasteiger partial charge < -0.3 is 13.4 Å². The Morgan fingerprint density at radius 1 is 0.373 bits per heavy atom. The molecule has 0 aliphatic heterocycles. The van der Waals surface area contributed by atoms with Crippen molar-refractivity contribution in [2.75, 3.05) is 0 Å². The maximum Gasteiger partial charge on any atom is 0.166 e. The zero-order valence-corrected chi connectivity index (χ0v) is 27.1. The van der Waals surface area contributed by atoms with E-state index in [9.17, 15) is 0 Å². The van der Waals surface area contributed by atoms with Crippen LogP contribution in [0.25, 0.3) is 106 Å². The monoisotopic (exact) mass is 654 g/mol. The van der Waals surface area contributed by atoms with Crippen molar-refractivity contribution in [1.82, 2.24) is 19.5 Å². The highest BCUT2D eigenvalue weighted by Gasteiger charge is 2.22. The Hall–Kier alpha value is -7.05. The molecule has 0 unspecified atom stereocenters. The molecule has 4 heterocycles. The van der Waals surface area contributed by atoms with Crippen molar-refractivity contribution >= 4 is 65.7 Å². The van der Waals surface area contributed by atoms with Crippen molar-refractivity contribution in [3.63, 3.8) is 0 Å². The van der Waals surface area contributed by atoms with Gasteiger partial charge in [0.2, 0.25) is 0 Å². The minimum absolute atomic E-state index is 0.579. The molecule has 0 aliphatic rings. The topological polar surface area (TPSA) is 69.9 Å². The van der Waals surface area contributed by atoms with Crippen LogP contribution in [0.1, 0.15) is 0 Å². The number of rotatable bonds is 4. The number of benzene rings is 7. The molecule has 0 amide bonds. The number of para-hydroxylation sites is 4. The molecule has 6 heteroatoms. The van der Waals surface area contributed by atoms with Crippen LogP contribution < -0.4 is 0 Å². The van der Waals surface area contributed by atoms with Crippen LogP contribution in [0, 0.1) is 0 Å². The van der Waals surface area contributed by atoms with E-state index in [1.54, 1.807) is 0 Å². The van der Waals surface area contributed by atoms with Gasteiger partial charge in [0.05, 0.1) is 16.7 Å². The van der Waals surface area contributed by atoms with Gasteiger partial charge in [-0.1, -0.05) is 109 Å². The summed E-state index contributed by atoms with van der Waals surface area (Å²) in [5.41, 5.74) is 9.12. The van der Waals surface area contributed by atoms with Gasteiger partial charge in [0.15, 0.2) is 17.5 Å². The lowest BCUT2D eigenvalue weighted by Crippen LogP contribution is -2.03. The summed E-state index contributed by atoms with van der Waals surface area (Å²) in [6.45, 7) is 0. The lowest BCUT2D eigenvalue weighted by atomic mass is 10.1. The number of aromatic nitrogens is 4. The summed E-state index contributed by atoms with van der Waals surface area (Å²) in [6.07, 6.45) is 0. The molecule has 0 saturated carbocycles. The Kier molecular flexibility index (Phi) is 5.86. The van der Waals surface area contributed by atoms with Crippen molar-refractivity contribution < 1.29 is 8.83 Å². The third-order valence-corrected chi connectivity index (χ3v) is 9.87. The normalized spacial score (nSPS) is 11.9. The highest BCUT2D eigenvalue weighted by molar-refractivity contribution is 6.17. The van der Waals surface area contributed by atoms with Crippen molar-refractivity contribution in [3.8, 4) is 39.9 Å². The number of fused-ring (bicyclic) bond motifs is 9. The predicted octanol–water partition coefficient (Wildman–Crippen LogP) is 11.8. The fourth-order valence-corrected chi connectivity index (χ4v) is 7.60. The minimum atomic E-state index is 0.579. The molecule has 4 aromatic heterocycles. The van der Waals surface area contributed by atoms with Crippen LogP contribution in [0.4, 0.5) is 0 Å². The Bertz CT molecular complexity index is 3150. The molecule has 0 saturated heterocycles. The van der Waals surface area contributed by atoms with Crippen molar-refractivity contribution in [1.29, 1.82) is 0 Å². The van der Waals surface area contributed by atoms with E-state index in [0.717, 1.165) is 88.1 Å². The summed E-state index contributed by atoms with van der Waals surface area (Å²) in [5.74, 6) is 1.76.